The zero-order chi connectivity index (χ0) is 25.7. The Morgan fingerprint density at radius 2 is 1.32 bits per heavy atom. The average Bonchev–Trinajstić information content (AvgIpc) is 3.49. The maximum atomic E-state index is 4.91. The van der Waals surface area contributed by atoms with E-state index in [0.29, 0.717) is 0 Å². The van der Waals surface area contributed by atoms with Crippen LogP contribution in [0.1, 0.15) is 134 Å². The van der Waals surface area contributed by atoms with Crippen molar-refractivity contribution in [1.29, 1.82) is 0 Å². The molecule has 0 unspecified atom stereocenters. The van der Waals surface area contributed by atoms with Gasteiger partial charge in [0.15, 0.2) is 4.96 Å². The fourth-order valence-corrected chi connectivity index (χ4v) is 7.23. The van der Waals surface area contributed by atoms with Gasteiger partial charge in [0.1, 0.15) is 0 Å². The molecule has 2 aromatic heterocycles. The number of fused-ring (bicyclic) bond motifs is 1. The van der Waals surface area contributed by atoms with Gasteiger partial charge in [-0.15, -0.1) is 0 Å². The summed E-state index contributed by atoms with van der Waals surface area (Å²) >= 11 is 1.82. The van der Waals surface area contributed by atoms with E-state index in [4.69, 9.17) is 4.98 Å². The maximum Gasteiger partial charge on any atom is 0.194 e. The second-order valence-corrected chi connectivity index (χ2v) is 12.9. The third-order valence-corrected chi connectivity index (χ3v) is 9.80. The first kappa shape index (κ1) is 28.4. The summed E-state index contributed by atoms with van der Waals surface area (Å²) in [5, 5.41) is 0. The van der Waals surface area contributed by atoms with Crippen LogP contribution in [0.25, 0.3) is 15.4 Å². The lowest BCUT2D eigenvalue weighted by molar-refractivity contribution is 0.249. The molecule has 37 heavy (non-hydrogen) atoms. The van der Waals surface area contributed by atoms with E-state index in [1.54, 1.807) is 0 Å². The van der Waals surface area contributed by atoms with Gasteiger partial charge in [0.2, 0.25) is 0 Å². The van der Waals surface area contributed by atoms with Gasteiger partial charge in [-0.3, -0.25) is 4.40 Å². The molecule has 1 saturated carbocycles. The molecule has 0 bridgehead atoms. The Morgan fingerprint density at radius 1 is 0.703 bits per heavy atom. The number of thiazole rings is 1. The lowest BCUT2D eigenvalue weighted by Crippen LogP contribution is -2.15. The monoisotopic (exact) mass is 520 g/mol. The Hall–Kier alpha value is -1.61. The van der Waals surface area contributed by atoms with Crippen LogP contribution in [0.2, 0.25) is 0 Å². The number of aromatic nitrogens is 2. The summed E-state index contributed by atoms with van der Waals surface area (Å²) in [6, 6.07) is 9.38. The van der Waals surface area contributed by atoms with Gasteiger partial charge in [-0.05, 0) is 48.6 Å². The highest BCUT2D eigenvalue weighted by Gasteiger charge is 2.20. The van der Waals surface area contributed by atoms with E-state index in [2.05, 4.69) is 54.9 Å². The second-order valence-electron chi connectivity index (χ2n) is 11.9. The molecule has 3 heteroatoms. The van der Waals surface area contributed by atoms with Crippen molar-refractivity contribution in [3.05, 3.63) is 47.9 Å². The van der Waals surface area contributed by atoms with Crippen molar-refractivity contribution in [2.24, 2.45) is 11.8 Å². The Balaban J connectivity index is 1.16. The Bertz CT molecular complexity index is 975. The predicted octanol–water partition coefficient (Wildman–Crippen LogP) is 11.1. The van der Waals surface area contributed by atoms with Crippen molar-refractivity contribution >= 4 is 16.3 Å². The summed E-state index contributed by atoms with van der Waals surface area (Å²) in [6.07, 6.45) is 30.9. The highest BCUT2D eigenvalue weighted by atomic mass is 32.1. The lowest BCUT2D eigenvalue weighted by atomic mass is 9.77. The van der Waals surface area contributed by atoms with E-state index < -0.39 is 0 Å². The minimum atomic E-state index is 0.951. The molecule has 0 N–H and O–H groups in total. The average molecular weight is 521 g/mol. The van der Waals surface area contributed by atoms with Crippen molar-refractivity contribution in [3.8, 4) is 10.4 Å². The lowest BCUT2D eigenvalue weighted by Gasteiger charge is -2.28. The number of hydrogen-bond donors (Lipinski definition) is 0. The molecule has 204 valence electrons. The first-order valence-electron chi connectivity index (χ1n) is 15.8. The Labute approximate surface area is 231 Å². The fraction of sp³-hybridized carbons (Fsp3) is 0.676. The van der Waals surface area contributed by atoms with Crippen LogP contribution in [0.4, 0.5) is 0 Å². The van der Waals surface area contributed by atoms with Gasteiger partial charge in [0, 0.05) is 12.4 Å². The molecule has 0 spiro atoms. The minimum absolute atomic E-state index is 0.951. The number of rotatable bonds is 17. The van der Waals surface area contributed by atoms with Crippen molar-refractivity contribution in [1.82, 2.24) is 9.38 Å². The number of hydrogen-bond acceptors (Lipinski definition) is 2. The van der Waals surface area contributed by atoms with Crippen molar-refractivity contribution in [3.63, 3.8) is 0 Å². The van der Waals surface area contributed by atoms with Crippen molar-refractivity contribution in [2.45, 2.75) is 136 Å². The van der Waals surface area contributed by atoms with Gasteiger partial charge in [0.25, 0.3) is 0 Å². The Morgan fingerprint density at radius 3 is 2.00 bits per heavy atom. The topological polar surface area (TPSA) is 17.3 Å². The van der Waals surface area contributed by atoms with Gasteiger partial charge in [-0.1, -0.05) is 146 Å². The fourth-order valence-electron chi connectivity index (χ4n) is 6.24. The van der Waals surface area contributed by atoms with Gasteiger partial charge in [-0.2, -0.15) is 0 Å². The van der Waals surface area contributed by atoms with E-state index in [1.807, 2.05) is 11.3 Å². The van der Waals surface area contributed by atoms with Crippen LogP contribution in [0.5, 0.6) is 0 Å². The zero-order valence-corrected chi connectivity index (χ0v) is 24.7. The van der Waals surface area contributed by atoms with E-state index in [0.717, 1.165) is 23.2 Å². The van der Waals surface area contributed by atoms with Crippen LogP contribution in [0.3, 0.4) is 0 Å². The second kappa shape index (κ2) is 15.7. The van der Waals surface area contributed by atoms with Crippen LogP contribution in [0.15, 0.2) is 36.7 Å². The molecule has 2 nitrogen and oxygen atoms in total. The molecular weight excluding hydrogens is 468 g/mol. The highest BCUT2D eigenvalue weighted by molar-refractivity contribution is 7.20. The minimum Gasteiger partial charge on any atom is -0.297 e. The predicted molar refractivity (Wildman–Crippen MR) is 163 cm³/mol. The maximum absolute atomic E-state index is 4.91. The molecule has 2 heterocycles. The van der Waals surface area contributed by atoms with Crippen LogP contribution in [-0.4, -0.2) is 9.38 Å². The van der Waals surface area contributed by atoms with Gasteiger partial charge in [0.05, 0.1) is 10.6 Å². The van der Waals surface area contributed by atoms with Crippen LogP contribution >= 0.6 is 11.3 Å². The highest BCUT2D eigenvalue weighted by Crippen LogP contribution is 2.35. The molecule has 0 radical (unpaired) electrons. The van der Waals surface area contributed by atoms with E-state index in [-0.39, 0.29) is 0 Å². The molecular formula is C34H52N2S. The summed E-state index contributed by atoms with van der Waals surface area (Å²) in [7, 11) is 0. The zero-order valence-electron chi connectivity index (χ0n) is 23.9. The van der Waals surface area contributed by atoms with Gasteiger partial charge < -0.3 is 0 Å². The molecule has 1 aliphatic carbocycles. The molecule has 0 atom stereocenters. The first-order valence-corrected chi connectivity index (χ1v) is 16.6. The van der Waals surface area contributed by atoms with Gasteiger partial charge in [-0.25, -0.2) is 4.98 Å². The molecule has 3 aromatic rings. The van der Waals surface area contributed by atoms with E-state index in [9.17, 15) is 0 Å². The smallest absolute Gasteiger partial charge is 0.194 e. The quantitative estimate of drug-likeness (QED) is 0.162. The standard InChI is InChI=1S/C34H52N2S/c1-3-5-7-9-11-13-15-32-26-36-27-33(37-34(36)35-32)31-24-22-30(23-25-31)21-20-29-18-16-28(17-19-29)14-12-10-8-6-4-2/h22-29H,3-21H2,1-2H3/t28-,29-. The van der Waals surface area contributed by atoms with Gasteiger partial charge >= 0.3 is 0 Å². The molecule has 4 rings (SSSR count). The first-order chi connectivity index (χ1) is 18.2. The van der Waals surface area contributed by atoms with E-state index in [1.165, 1.54) is 137 Å². The van der Waals surface area contributed by atoms with Crippen LogP contribution in [-0.2, 0) is 12.8 Å². The number of benzene rings is 1. The molecule has 0 saturated heterocycles. The summed E-state index contributed by atoms with van der Waals surface area (Å²) in [5.74, 6) is 1.97. The summed E-state index contributed by atoms with van der Waals surface area (Å²) in [6.45, 7) is 4.59. The number of imidazole rings is 1. The van der Waals surface area contributed by atoms with Crippen LogP contribution < -0.4 is 0 Å². The normalized spacial score (nSPS) is 18.1. The molecule has 1 aromatic carbocycles. The number of nitrogens with zero attached hydrogens (tertiary/aromatic N) is 2. The van der Waals surface area contributed by atoms with Crippen molar-refractivity contribution < 1.29 is 0 Å². The largest absolute Gasteiger partial charge is 0.297 e. The SMILES string of the molecule is CCCCCCCCc1cn2cc(-c3ccc(CC[C@H]4CC[C@H](CCCCCCC)CC4)cc3)sc2n1. The summed E-state index contributed by atoms with van der Waals surface area (Å²) in [4.78, 5) is 7.37. The summed E-state index contributed by atoms with van der Waals surface area (Å²) in [5.41, 5.74) is 4.09. The molecule has 1 fully saturated rings. The van der Waals surface area contributed by atoms with Crippen molar-refractivity contribution in [2.75, 3.05) is 0 Å². The number of aryl methyl sites for hydroxylation is 2. The summed E-state index contributed by atoms with van der Waals surface area (Å²) < 4.78 is 2.24. The third-order valence-electron chi connectivity index (χ3n) is 8.75. The number of unbranched alkanes of at least 4 members (excludes halogenated alkanes) is 9. The molecule has 0 aliphatic heterocycles. The van der Waals surface area contributed by atoms with E-state index >= 15 is 0 Å². The molecule has 0 amide bonds. The van der Waals surface area contributed by atoms with Crippen LogP contribution in [0, 0.1) is 11.8 Å². The Kier molecular flexibility index (Phi) is 12.1. The molecule has 1 aliphatic rings. The third kappa shape index (κ3) is 9.27.